The van der Waals surface area contributed by atoms with E-state index in [0.717, 1.165) is 16.0 Å². The molecule has 0 fully saturated rings. The van der Waals surface area contributed by atoms with Crippen LogP contribution < -0.4 is 19.8 Å². The summed E-state index contributed by atoms with van der Waals surface area (Å²) in [6, 6.07) is 10.9. The van der Waals surface area contributed by atoms with Gasteiger partial charge in [-0.15, -0.1) is 11.3 Å². The van der Waals surface area contributed by atoms with Crippen LogP contribution in [-0.4, -0.2) is 46.1 Å². The predicted molar refractivity (Wildman–Crippen MR) is 128 cm³/mol. The first-order valence-corrected chi connectivity index (χ1v) is 11.6. The summed E-state index contributed by atoms with van der Waals surface area (Å²) in [5.74, 6) is 1.66. The fourth-order valence-corrected chi connectivity index (χ4v) is 4.94. The van der Waals surface area contributed by atoms with Crippen LogP contribution in [0.2, 0.25) is 0 Å². The highest BCUT2D eigenvalue weighted by atomic mass is 32.2. The number of ether oxygens (including phenoxy) is 3. The molecule has 0 amide bonds. The zero-order valence-electron chi connectivity index (χ0n) is 18.6. The third-order valence-electron chi connectivity index (χ3n) is 4.57. The Kier molecular flexibility index (Phi) is 6.59. The first-order valence-electron chi connectivity index (χ1n) is 10.0. The van der Waals surface area contributed by atoms with Crippen LogP contribution in [0.25, 0.3) is 15.9 Å². The molecule has 0 aliphatic heterocycles. The van der Waals surface area contributed by atoms with Gasteiger partial charge in [0.1, 0.15) is 12.4 Å². The molecule has 8 nitrogen and oxygen atoms in total. The van der Waals surface area contributed by atoms with Crippen LogP contribution in [0, 0.1) is 0 Å². The van der Waals surface area contributed by atoms with Crippen LogP contribution >= 0.6 is 23.1 Å². The molecule has 4 aromatic rings. The summed E-state index contributed by atoms with van der Waals surface area (Å²) < 4.78 is 19.6. The lowest BCUT2D eigenvalue weighted by Crippen LogP contribution is -2.28. The Bertz CT molecular complexity index is 1340. The minimum Gasteiger partial charge on any atom is -0.497 e. The van der Waals surface area contributed by atoms with Gasteiger partial charge in [0.2, 0.25) is 0 Å². The van der Waals surface area contributed by atoms with E-state index in [1.54, 1.807) is 51.6 Å². The maximum absolute atomic E-state index is 13.2. The van der Waals surface area contributed by atoms with Crippen molar-refractivity contribution >= 4 is 33.3 Å². The van der Waals surface area contributed by atoms with E-state index < -0.39 is 5.60 Å². The van der Waals surface area contributed by atoms with Crippen LogP contribution in [-0.2, 0) is 0 Å². The molecular formula is C23H23N3O5S2. The van der Waals surface area contributed by atoms with E-state index in [0.29, 0.717) is 26.6 Å². The molecule has 0 saturated carbocycles. The number of benzene rings is 2. The molecule has 0 bridgehead atoms. The molecule has 0 radical (unpaired) electrons. The summed E-state index contributed by atoms with van der Waals surface area (Å²) >= 11 is 2.71. The molecule has 0 aliphatic carbocycles. The molecule has 2 aromatic carbocycles. The van der Waals surface area contributed by atoms with E-state index in [1.165, 1.54) is 34.8 Å². The zero-order chi connectivity index (χ0) is 23.6. The normalized spacial score (nSPS) is 11.5. The van der Waals surface area contributed by atoms with Gasteiger partial charge in [-0.05, 0) is 49.9 Å². The smallest absolute Gasteiger partial charge is 0.288 e. The molecule has 1 N–H and O–H groups in total. The van der Waals surface area contributed by atoms with E-state index >= 15 is 0 Å². The monoisotopic (exact) mass is 485 g/mol. The summed E-state index contributed by atoms with van der Waals surface area (Å²) in [6.07, 6.45) is 3.17. The second kappa shape index (κ2) is 9.42. The van der Waals surface area contributed by atoms with Gasteiger partial charge < -0.3 is 19.3 Å². The third-order valence-corrected chi connectivity index (χ3v) is 6.64. The van der Waals surface area contributed by atoms with Gasteiger partial charge in [-0.1, -0.05) is 0 Å². The van der Waals surface area contributed by atoms with Gasteiger partial charge in [0, 0.05) is 24.5 Å². The summed E-state index contributed by atoms with van der Waals surface area (Å²) in [6.45, 7) is 3.42. The first-order chi connectivity index (χ1) is 15.8. The van der Waals surface area contributed by atoms with Gasteiger partial charge >= 0.3 is 0 Å². The standard InChI is InChI=1S/C23H23N3O5S2/c1-23(2,28)13-31-17-7-5-14(11-18(17)30-4)26-10-9-24-20(21(26)27)33-22-25-16-12-15(29-3)6-8-19(16)32-22/h5-12,28H,13H2,1-4H3. The summed E-state index contributed by atoms with van der Waals surface area (Å²) in [5.41, 5.74) is 0.158. The number of methoxy groups -OCH3 is 2. The maximum Gasteiger partial charge on any atom is 0.288 e. The molecule has 172 valence electrons. The summed E-state index contributed by atoms with van der Waals surface area (Å²) in [7, 11) is 3.13. The largest absolute Gasteiger partial charge is 0.497 e. The Morgan fingerprint density at radius 2 is 1.94 bits per heavy atom. The zero-order valence-corrected chi connectivity index (χ0v) is 20.2. The van der Waals surface area contributed by atoms with Crippen LogP contribution in [0.15, 0.2) is 63.0 Å². The molecule has 0 spiro atoms. The van der Waals surface area contributed by atoms with Gasteiger partial charge in [-0.25, -0.2) is 9.97 Å². The van der Waals surface area contributed by atoms with Crippen LogP contribution in [0.3, 0.4) is 0 Å². The number of thiazole rings is 1. The lowest BCUT2D eigenvalue weighted by molar-refractivity contribution is 0.0276. The van der Waals surface area contributed by atoms with Crippen LogP contribution in [0.4, 0.5) is 0 Å². The van der Waals surface area contributed by atoms with Crippen LogP contribution in [0.1, 0.15) is 13.8 Å². The van der Waals surface area contributed by atoms with Crippen molar-refractivity contribution in [2.24, 2.45) is 0 Å². The van der Waals surface area contributed by atoms with Crippen molar-refractivity contribution < 1.29 is 19.3 Å². The molecule has 0 unspecified atom stereocenters. The fourth-order valence-electron chi connectivity index (χ4n) is 2.99. The van der Waals surface area contributed by atoms with Crippen molar-refractivity contribution in [1.29, 1.82) is 0 Å². The number of nitrogens with zero attached hydrogens (tertiary/aromatic N) is 3. The lowest BCUT2D eigenvalue weighted by atomic mass is 10.2. The van der Waals surface area contributed by atoms with Gasteiger partial charge in [0.25, 0.3) is 5.56 Å². The van der Waals surface area contributed by atoms with E-state index in [2.05, 4.69) is 9.97 Å². The molecule has 10 heteroatoms. The Hall–Kier alpha value is -3.08. The SMILES string of the molecule is COc1ccc2sc(Sc3nccn(-c4ccc(OCC(C)(C)O)c(OC)c4)c3=O)nc2c1. The minimum absolute atomic E-state index is 0.104. The third kappa shape index (κ3) is 5.29. The quantitative estimate of drug-likeness (QED) is 0.398. The number of aromatic nitrogens is 3. The number of hydrogen-bond donors (Lipinski definition) is 1. The Morgan fingerprint density at radius 1 is 1.12 bits per heavy atom. The molecule has 2 aromatic heterocycles. The first kappa shape index (κ1) is 23.1. The van der Waals surface area contributed by atoms with E-state index in [9.17, 15) is 9.90 Å². The lowest BCUT2D eigenvalue weighted by Gasteiger charge is -2.19. The highest BCUT2D eigenvalue weighted by Gasteiger charge is 2.17. The summed E-state index contributed by atoms with van der Waals surface area (Å²) in [5, 5.41) is 10.2. The van der Waals surface area contributed by atoms with Gasteiger partial charge in [-0.2, -0.15) is 0 Å². The van der Waals surface area contributed by atoms with Crippen molar-refractivity contribution in [1.82, 2.24) is 14.5 Å². The molecule has 4 rings (SSSR count). The minimum atomic E-state index is -0.983. The Morgan fingerprint density at radius 3 is 2.67 bits per heavy atom. The second-order valence-corrected chi connectivity index (χ2v) is 10.0. The van der Waals surface area contributed by atoms with Crippen molar-refractivity contribution in [3.63, 3.8) is 0 Å². The average molecular weight is 486 g/mol. The number of hydrogen-bond acceptors (Lipinski definition) is 9. The summed E-state index contributed by atoms with van der Waals surface area (Å²) in [4.78, 5) is 22.0. The molecule has 0 saturated heterocycles. The molecular weight excluding hydrogens is 462 g/mol. The van der Waals surface area contributed by atoms with E-state index in [1.807, 2.05) is 18.2 Å². The number of fused-ring (bicyclic) bond motifs is 1. The van der Waals surface area contributed by atoms with Gasteiger partial charge in [0.15, 0.2) is 20.9 Å². The fraction of sp³-hybridized carbons (Fsp3) is 0.261. The van der Waals surface area contributed by atoms with E-state index in [-0.39, 0.29) is 12.2 Å². The maximum atomic E-state index is 13.2. The predicted octanol–water partition coefficient (Wildman–Crippen LogP) is 4.16. The Labute approximate surface area is 198 Å². The van der Waals surface area contributed by atoms with Crippen molar-refractivity contribution in [2.45, 2.75) is 28.8 Å². The highest BCUT2D eigenvalue weighted by molar-refractivity contribution is 8.01. The number of rotatable bonds is 8. The Balaban J connectivity index is 1.62. The van der Waals surface area contributed by atoms with E-state index in [4.69, 9.17) is 14.2 Å². The second-order valence-electron chi connectivity index (χ2n) is 7.76. The average Bonchev–Trinajstić information content (AvgIpc) is 3.20. The van der Waals surface area contributed by atoms with Gasteiger partial charge in [0.05, 0.1) is 35.7 Å². The highest BCUT2D eigenvalue weighted by Crippen LogP contribution is 2.34. The number of aliphatic hydroxyl groups is 1. The van der Waals surface area contributed by atoms with Crippen LogP contribution in [0.5, 0.6) is 17.2 Å². The van der Waals surface area contributed by atoms with Gasteiger partial charge in [-0.3, -0.25) is 9.36 Å². The van der Waals surface area contributed by atoms with Crippen molar-refractivity contribution in [2.75, 3.05) is 20.8 Å². The van der Waals surface area contributed by atoms with Crippen molar-refractivity contribution in [3.8, 4) is 22.9 Å². The topological polar surface area (TPSA) is 95.7 Å². The molecule has 2 heterocycles. The van der Waals surface area contributed by atoms with Crippen molar-refractivity contribution in [3.05, 3.63) is 59.1 Å². The molecule has 0 atom stereocenters. The molecule has 33 heavy (non-hydrogen) atoms. The molecule has 0 aliphatic rings.